The van der Waals surface area contributed by atoms with Crippen LogP contribution in [0.4, 0.5) is 0 Å². The van der Waals surface area contributed by atoms with E-state index in [-0.39, 0.29) is 6.42 Å². The maximum absolute atomic E-state index is 10.3. The summed E-state index contributed by atoms with van der Waals surface area (Å²) in [6.07, 6.45) is 23.8. The molecule has 1 rings (SSSR count). The van der Waals surface area contributed by atoms with Gasteiger partial charge in [0.25, 0.3) is 0 Å². The number of ether oxygens (including phenoxy) is 1. The third-order valence-corrected chi connectivity index (χ3v) is 3.93. The van der Waals surface area contributed by atoms with Gasteiger partial charge in [-0.25, -0.2) is 0 Å². The van der Waals surface area contributed by atoms with Crippen molar-refractivity contribution in [1.82, 2.24) is 0 Å². The van der Waals surface area contributed by atoms with Gasteiger partial charge in [-0.2, -0.15) is 0 Å². The van der Waals surface area contributed by atoms with Gasteiger partial charge in [-0.05, 0) is 44.9 Å². The van der Waals surface area contributed by atoms with Crippen LogP contribution in [0.25, 0.3) is 0 Å². The van der Waals surface area contributed by atoms with Gasteiger partial charge < -0.3 is 9.84 Å². The fourth-order valence-electron chi connectivity index (χ4n) is 2.44. The number of hydrogen-bond acceptors (Lipinski definition) is 2. The van der Waals surface area contributed by atoms with Crippen molar-refractivity contribution < 1.29 is 14.6 Å². The number of unbranched alkanes of at least 4 members (excludes halogenated alkanes) is 4. The van der Waals surface area contributed by atoms with E-state index in [1.807, 2.05) is 0 Å². The average Bonchev–Trinajstić information content (AvgIpc) is 3.27. The zero-order valence-corrected chi connectivity index (χ0v) is 14.5. The molecule has 0 aliphatic carbocycles. The highest BCUT2D eigenvalue weighted by Gasteiger charge is 2.35. The minimum Gasteiger partial charge on any atom is -0.481 e. The van der Waals surface area contributed by atoms with Gasteiger partial charge in [0.2, 0.25) is 0 Å². The molecule has 23 heavy (non-hydrogen) atoms. The summed E-state index contributed by atoms with van der Waals surface area (Å²) in [5.74, 6) is -0.715. The van der Waals surface area contributed by atoms with Crippen molar-refractivity contribution in [3.05, 3.63) is 36.5 Å². The van der Waals surface area contributed by atoms with Crippen molar-refractivity contribution in [3.8, 4) is 0 Å². The van der Waals surface area contributed by atoms with Crippen LogP contribution in [0.3, 0.4) is 0 Å². The van der Waals surface area contributed by atoms with Crippen molar-refractivity contribution >= 4 is 5.97 Å². The lowest BCUT2D eigenvalue weighted by molar-refractivity contribution is -0.137. The summed E-state index contributed by atoms with van der Waals surface area (Å²) in [5.41, 5.74) is 0. The Bertz CT molecular complexity index is 396. The van der Waals surface area contributed by atoms with Crippen LogP contribution in [0.2, 0.25) is 0 Å². The number of carboxylic acid groups (broad SMARTS) is 1. The fourth-order valence-corrected chi connectivity index (χ4v) is 2.44. The molecule has 130 valence electrons. The van der Waals surface area contributed by atoms with Gasteiger partial charge in [-0.15, -0.1) is 0 Å². The maximum atomic E-state index is 10.3. The Morgan fingerprint density at radius 2 is 1.52 bits per heavy atom. The first kappa shape index (κ1) is 19.7. The lowest BCUT2D eigenvalue weighted by Gasteiger charge is -1.91. The second-order valence-corrected chi connectivity index (χ2v) is 6.12. The maximum Gasteiger partial charge on any atom is 0.303 e. The molecule has 0 aromatic heterocycles. The smallest absolute Gasteiger partial charge is 0.303 e. The summed E-state index contributed by atoms with van der Waals surface area (Å²) >= 11 is 0. The molecule has 0 radical (unpaired) electrons. The van der Waals surface area contributed by atoms with E-state index in [1.54, 1.807) is 0 Å². The van der Waals surface area contributed by atoms with E-state index in [0.717, 1.165) is 32.1 Å². The highest BCUT2D eigenvalue weighted by molar-refractivity contribution is 5.66. The lowest BCUT2D eigenvalue weighted by Crippen LogP contribution is -1.92. The summed E-state index contributed by atoms with van der Waals surface area (Å²) < 4.78 is 5.65. The molecule has 3 heteroatoms. The Morgan fingerprint density at radius 3 is 2.22 bits per heavy atom. The molecule has 2 atom stereocenters. The Kier molecular flexibility index (Phi) is 11.2. The van der Waals surface area contributed by atoms with Crippen LogP contribution in [0.1, 0.15) is 71.1 Å². The summed E-state index contributed by atoms with van der Waals surface area (Å²) in [7, 11) is 0. The summed E-state index contributed by atoms with van der Waals surface area (Å²) in [5, 5.41) is 8.52. The zero-order valence-electron chi connectivity index (χ0n) is 14.5. The molecule has 0 aromatic carbocycles. The second kappa shape index (κ2) is 13.1. The first-order valence-electron chi connectivity index (χ1n) is 9.06. The predicted octanol–water partition coefficient (Wildman–Crippen LogP) is 5.43. The van der Waals surface area contributed by atoms with Gasteiger partial charge in [0.1, 0.15) is 0 Å². The van der Waals surface area contributed by atoms with E-state index in [1.165, 1.54) is 25.7 Å². The third-order valence-electron chi connectivity index (χ3n) is 3.93. The first-order chi connectivity index (χ1) is 11.2. The third kappa shape index (κ3) is 11.8. The molecule has 1 heterocycles. The molecule has 2 unspecified atom stereocenters. The number of rotatable bonds is 14. The van der Waals surface area contributed by atoms with E-state index in [2.05, 4.69) is 43.4 Å². The molecule has 1 saturated heterocycles. The van der Waals surface area contributed by atoms with Crippen LogP contribution in [-0.2, 0) is 9.53 Å². The highest BCUT2D eigenvalue weighted by atomic mass is 16.6. The van der Waals surface area contributed by atoms with Gasteiger partial charge >= 0.3 is 5.97 Å². The van der Waals surface area contributed by atoms with E-state index in [0.29, 0.717) is 12.2 Å². The van der Waals surface area contributed by atoms with Crippen molar-refractivity contribution in [2.24, 2.45) is 0 Å². The molecular weight excluding hydrogens is 288 g/mol. The van der Waals surface area contributed by atoms with Crippen molar-refractivity contribution in [2.45, 2.75) is 83.3 Å². The molecule has 0 aromatic rings. The SMILES string of the molecule is CCCCC/C=C/CC1OC1C/C=C\C/C=C\CCCC(=O)O. The van der Waals surface area contributed by atoms with Crippen molar-refractivity contribution in [1.29, 1.82) is 0 Å². The van der Waals surface area contributed by atoms with E-state index in [4.69, 9.17) is 9.84 Å². The van der Waals surface area contributed by atoms with Gasteiger partial charge in [-0.3, -0.25) is 4.79 Å². The van der Waals surface area contributed by atoms with E-state index < -0.39 is 5.97 Å². The lowest BCUT2D eigenvalue weighted by atomic mass is 10.1. The first-order valence-corrected chi connectivity index (χ1v) is 9.06. The Morgan fingerprint density at radius 1 is 0.913 bits per heavy atom. The standard InChI is InChI=1S/C20H32O3/c1-2-3-4-5-9-12-15-18-19(23-18)16-13-10-7-6-8-11-14-17-20(21)22/h6,8-10,12-13,18-19H,2-5,7,11,14-17H2,1H3,(H,21,22)/b8-6-,12-9+,13-10-. The number of aliphatic carboxylic acids is 1. The van der Waals surface area contributed by atoms with E-state index >= 15 is 0 Å². The van der Waals surface area contributed by atoms with Crippen LogP contribution in [-0.4, -0.2) is 23.3 Å². The molecule has 1 fully saturated rings. The van der Waals surface area contributed by atoms with Crippen molar-refractivity contribution in [2.75, 3.05) is 0 Å². The molecule has 0 saturated carbocycles. The highest BCUT2D eigenvalue weighted by Crippen LogP contribution is 2.29. The van der Waals surface area contributed by atoms with Crippen LogP contribution in [0.15, 0.2) is 36.5 Å². The number of carbonyl (C=O) groups is 1. The largest absolute Gasteiger partial charge is 0.481 e. The summed E-state index contributed by atoms with van der Waals surface area (Å²) in [4.78, 5) is 10.3. The van der Waals surface area contributed by atoms with Crippen LogP contribution in [0.5, 0.6) is 0 Å². The van der Waals surface area contributed by atoms with Gasteiger partial charge in [-0.1, -0.05) is 56.2 Å². The monoisotopic (exact) mass is 320 g/mol. The number of epoxide rings is 1. The Balaban J connectivity index is 1.92. The van der Waals surface area contributed by atoms with Crippen LogP contribution >= 0.6 is 0 Å². The number of allylic oxidation sites excluding steroid dienone is 4. The molecule has 0 bridgehead atoms. The van der Waals surface area contributed by atoms with Gasteiger partial charge in [0.05, 0.1) is 12.2 Å². The Labute approximate surface area is 141 Å². The normalized spacial score (nSPS) is 20.9. The Hall–Kier alpha value is -1.35. The van der Waals surface area contributed by atoms with Crippen LogP contribution in [0, 0.1) is 0 Å². The molecule has 0 spiro atoms. The average molecular weight is 320 g/mol. The molecule has 1 aliphatic heterocycles. The van der Waals surface area contributed by atoms with Crippen molar-refractivity contribution in [3.63, 3.8) is 0 Å². The molecular formula is C20H32O3. The van der Waals surface area contributed by atoms with Gasteiger partial charge in [0, 0.05) is 6.42 Å². The molecule has 0 amide bonds. The summed E-state index contributed by atoms with van der Waals surface area (Å²) in [6, 6.07) is 0. The molecule has 1 N–H and O–H groups in total. The minimum absolute atomic E-state index is 0.258. The second-order valence-electron chi connectivity index (χ2n) is 6.12. The topological polar surface area (TPSA) is 49.8 Å². The number of hydrogen-bond donors (Lipinski definition) is 1. The van der Waals surface area contributed by atoms with E-state index in [9.17, 15) is 4.79 Å². The molecule has 3 nitrogen and oxygen atoms in total. The number of carboxylic acids is 1. The van der Waals surface area contributed by atoms with Gasteiger partial charge in [0.15, 0.2) is 0 Å². The fraction of sp³-hybridized carbons (Fsp3) is 0.650. The quantitative estimate of drug-likeness (QED) is 0.264. The minimum atomic E-state index is -0.715. The molecule has 1 aliphatic rings. The zero-order chi connectivity index (χ0) is 16.8. The predicted molar refractivity (Wildman–Crippen MR) is 95.6 cm³/mol. The summed E-state index contributed by atoms with van der Waals surface area (Å²) in [6.45, 7) is 2.23. The van der Waals surface area contributed by atoms with Crippen LogP contribution < -0.4 is 0 Å².